The summed E-state index contributed by atoms with van der Waals surface area (Å²) in [6.07, 6.45) is 4.41. The van der Waals surface area contributed by atoms with E-state index in [2.05, 4.69) is 26.1 Å². The summed E-state index contributed by atoms with van der Waals surface area (Å²) in [7, 11) is 4.09. The third-order valence-corrected chi connectivity index (χ3v) is 6.11. The third kappa shape index (κ3) is 4.02. The Kier molecular flexibility index (Phi) is 5.46. The van der Waals surface area contributed by atoms with Gasteiger partial charge < -0.3 is 14.8 Å². The molecule has 2 heterocycles. The van der Waals surface area contributed by atoms with Gasteiger partial charge in [-0.1, -0.05) is 0 Å². The number of aromatic nitrogens is 3. The first-order valence-electron chi connectivity index (χ1n) is 11.0. The summed E-state index contributed by atoms with van der Waals surface area (Å²) >= 11 is 0. The lowest BCUT2D eigenvalue weighted by Gasteiger charge is -2.11. The number of halogens is 2. The fourth-order valence-corrected chi connectivity index (χ4v) is 4.42. The van der Waals surface area contributed by atoms with Gasteiger partial charge in [-0.2, -0.15) is 5.10 Å². The van der Waals surface area contributed by atoms with Gasteiger partial charge in [-0.25, -0.2) is 13.5 Å². The second-order valence-electron chi connectivity index (χ2n) is 8.68. The van der Waals surface area contributed by atoms with Crippen LogP contribution in [-0.4, -0.2) is 45.8 Å². The van der Waals surface area contributed by atoms with E-state index in [0.29, 0.717) is 17.1 Å². The van der Waals surface area contributed by atoms with Gasteiger partial charge in [0.15, 0.2) is 17.3 Å². The first kappa shape index (κ1) is 21.3. The van der Waals surface area contributed by atoms with Crippen LogP contribution in [0, 0.1) is 11.6 Å². The number of amides is 1. The highest BCUT2D eigenvalue weighted by Gasteiger charge is 2.27. The van der Waals surface area contributed by atoms with Crippen LogP contribution in [0.15, 0.2) is 48.7 Å². The molecule has 1 aliphatic rings. The van der Waals surface area contributed by atoms with Crippen LogP contribution in [0.4, 0.5) is 14.5 Å². The van der Waals surface area contributed by atoms with Gasteiger partial charge in [0.1, 0.15) is 0 Å². The Morgan fingerprint density at radius 2 is 1.94 bits per heavy atom. The fourth-order valence-electron chi connectivity index (χ4n) is 4.42. The standard InChI is InChI=1S/C25H25F2N5O/c1-30(2)12-13-31-11-10-16-14-17(6-9-22(16)31)28-25(33)24-19-4-3-5-23(19)32(29-24)18-7-8-20(26)21(27)15-18/h6-11,14-15H,3-5,12-13H2,1-2H3,(H,28,33). The number of carbonyl (C=O) groups is 1. The predicted molar refractivity (Wildman–Crippen MR) is 124 cm³/mol. The van der Waals surface area contributed by atoms with E-state index in [1.54, 1.807) is 4.68 Å². The number of rotatable bonds is 6. The minimum Gasteiger partial charge on any atom is -0.346 e. The molecule has 2 aromatic heterocycles. The van der Waals surface area contributed by atoms with Gasteiger partial charge in [-0.3, -0.25) is 4.79 Å². The van der Waals surface area contributed by atoms with Crippen LogP contribution < -0.4 is 5.32 Å². The summed E-state index contributed by atoms with van der Waals surface area (Å²) in [6, 6.07) is 11.5. The fraction of sp³-hybridized carbons (Fsp3) is 0.280. The third-order valence-electron chi connectivity index (χ3n) is 6.11. The maximum atomic E-state index is 13.8. The molecule has 4 aromatic rings. The number of hydrogen-bond acceptors (Lipinski definition) is 3. The molecule has 6 nitrogen and oxygen atoms in total. The highest BCUT2D eigenvalue weighted by Crippen LogP contribution is 2.29. The minimum absolute atomic E-state index is 0.305. The van der Waals surface area contributed by atoms with Crippen molar-refractivity contribution in [2.45, 2.75) is 25.8 Å². The normalized spacial score (nSPS) is 13.1. The Balaban J connectivity index is 1.41. The maximum absolute atomic E-state index is 13.8. The molecule has 170 valence electrons. The van der Waals surface area contributed by atoms with Crippen molar-refractivity contribution in [3.05, 3.63) is 77.2 Å². The molecule has 0 saturated heterocycles. The van der Waals surface area contributed by atoms with Gasteiger partial charge in [-0.05, 0) is 69.8 Å². The van der Waals surface area contributed by atoms with Gasteiger partial charge >= 0.3 is 0 Å². The number of benzene rings is 2. The topological polar surface area (TPSA) is 55.1 Å². The summed E-state index contributed by atoms with van der Waals surface area (Å²) in [5.74, 6) is -2.15. The van der Waals surface area contributed by atoms with Crippen LogP contribution in [0.5, 0.6) is 0 Å². The summed E-state index contributed by atoms with van der Waals surface area (Å²) in [5, 5.41) is 8.49. The first-order valence-corrected chi connectivity index (χ1v) is 11.0. The maximum Gasteiger partial charge on any atom is 0.276 e. The van der Waals surface area contributed by atoms with Gasteiger partial charge in [0.25, 0.3) is 5.91 Å². The number of likely N-dealkylation sites (N-methyl/N-ethyl adjacent to an activating group) is 1. The lowest BCUT2D eigenvalue weighted by Crippen LogP contribution is -2.18. The molecule has 8 heteroatoms. The van der Waals surface area contributed by atoms with Gasteiger partial charge in [0.2, 0.25) is 0 Å². The number of nitrogens with zero attached hydrogens (tertiary/aromatic N) is 4. The van der Waals surface area contributed by atoms with Crippen molar-refractivity contribution in [1.82, 2.24) is 19.2 Å². The molecule has 1 aliphatic carbocycles. The lowest BCUT2D eigenvalue weighted by atomic mass is 10.2. The zero-order valence-electron chi connectivity index (χ0n) is 18.6. The molecule has 1 amide bonds. The molecule has 33 heavy (non-hydrogen) atoms. The quantitative estimate of drug-likeness (QED) is 0.475. The number of hydrogen-bond donors (Lipinski definition) is 1. The first-order chi connectivity index (χ1) is 15.9. The molecular formula is C25H25F2N5O. The van der Waals surface area contributed by atoms with Gasteiger partial charge in [0, 0.05) is 53.2 Å². The van der Waals surface area contributed by atoms with Crippen LogP contribution in [0.2, 0.25) is 0 Å². The highest BCUT2D eigenvalue weighted by molar-refractivity contribution is 6.05. The van der Waals surface area contributed by atoms with E-state index in [-0.39, 0.29) is 5.91 Å². The molecule has 0 aliphatic heterocycles. The van der Waals surface area contributed by atoms with Crippen LogP contribution in [0.1, 0.15) is 28.2 Å². The minimum atomic E-state index is -0.938. The van der Waals surface area contributed by atoms with Crippen LogP contribution >= 0.6 is 0 Å². The van der Waals surface area contributed by atoms with Crippen molar-refractivity contribution in [2.75, 3.05) is 26.0 Å². The molecule has 5 rings (SSSR count). The smallest absolute Gasteiger partial charge is 0.276 e. The van der Waals surface area contributed by atoms with Crippen molar-refractivity contribution in [1.29, 1.82) is 0 Å². The SMILES string of the molecule is CN(C)CCn1ccc2cc(NC(=O)c3nn(-c4ccc(F)c(F)c4)c4c3CCC4)ccc21. The summed E-state index contributed by atoms with van der Waals surface area (Å²) < 4.78 is 30.9. The number of fused-ring (bicyclic) bond motifs is 2. The summed E-state index contributed by atoms with van der Waals surface area (Å²) in [6.45, 7) is 1.82. The molecule has 0 atom stereocenters. The summed E-state index contributed by atoms with van der Waals surface area (Å²) in [5.41, 5.74) is 4.28. The number of carbonyl (C=O) groups excluding carboxylic acids is 1. The largest absolute Gasteiger partial charge is 0.346 e. The highest BCUT2D eigenvalue weighted by atomic mass is 19.2. The van der Waals surface area contributed by atoms with E-state index in [1.165, 1.54) is 6.07 Å². The number of nitrogens with one attached hydrogen (secondary N) is 1. The molecule has 0 spiro atoms. The molecule has 0 saturated carbocycles. The van der Waals surface area contributed by atoms with Gasteiger partial charge in [-0.15, -0.1) is 0 Å². The lowest BCUT2D eigenvalue weighted by molar-refractivity contribution is 0.102. The van der Waals surface area contributed by atoms with E-state index in [9.17, 15) is 13.6 Å². The molecule has 2 aromatic carbocycles. The average molecular weight is 450 g/mol. The Morgan fingerprint density at radius 1 is 1.09 bits per heavy atom. The Morgan fingerprint density at radius 3 is 2.73 bits per heavy atom. The molecule has 0 bridgehead atoms. The van der Waals surface area contributed by atoms with E-state index < -0.39 is 11.6 Å². The van der Waals surface area contributed by atoms with Crippen LogP contribution in [0.25, 0.3) is 16.6 Å². The second kappa shape index (κ2) is 8.44. The second-order valence-corrected chi connectivity index (χ2v) is 8.68. The Bertz CT molecular complexity index is 1350. The molecule has 0 fully saturated rings. The van der Waals surface area contributed by atoms with Crippen LogP contribution in [-0.2, 0) is 19.4 Å². The molecular weight excluding hydrogens is 424 g/mol. The van der Waals surface area contributed by atoms with Crippen molar-refractivity contribution in [3.8, 4) is 5.69 Å². The van der Waals surface area contributed by atoms with Gasteiger partial charge in [0.05, 0.1) is 5.69 Å². The zero-order valence-corrected chi connectivity index (χ0v) is 18.6. The monoisotopic (exact) mass is 449 g/mol. The average Bonchev–Trinajstić information content (AvgIpc) is 3.49. The molecule has 1 N–H and O–H groups in total. The summed E-state index contributed by atoms with van der Waals surface area (Å²) in [4.78, 5) is 15.3. The Hall–Kier alpha value is -3.52. The van der Waals surface area contributed by atoms with Crippen LogP contribution in [0.3, 0.4) is 0 Å². The Labute approximate surface area is 190 Å². The van der Waals surface area contributed by atoms with Crippen molar-refractivity contribution < 1.29 is 13.6 Å². The van der Waals surface area contributed by atoms with Crippen molar-refractivity contribution >= 4 is 22.5 Å². The van der Waals surface area contributed by atoms with Crippen molar-refractivity contribution in [3.63, 3.8) is 0 Å². The zero-order chi connectivity index (χ0) is 23.1. The number of anilines is 1. The van der Waals surface area contributed by atoms with E-state index in [0.717, 1.165) is 66.6 Å². The van der Waals surface area contributed by atoms with E-state index in [1.807, 2.05) is 38.4 Å². The van der Waals surface area contributed by atoms with E-state index >= 15 is 0 Å². The predicted octanol–water partition coefficient (Wildman–Crippen LogP) is 4.41. The molecule has 0 radical (unpaired) electrons. The van der Waals surface area contributed by atoms with Crippen molar-refractivity contribution in [2.24, 2.45) is 0 Å². The molecule has 0 unspecified atom stereocenters. The van der Waals surface area contributed by atoms with E-state index in [4.69, 9.17) is 0 Å².